The van der Waals surface area contributed by atoms with Gasteiger partial charge in [0.15, 0.2) is 11.5 Å². The Balaban J connectivity index is 1.49. The molecule has 0 bridgehead atoms. The first-order valence-electron chi connectivity index (χ1n) is 9.88. The van der Waals surface area contributed by atoms with E-state index in [1.165, 1.54) is 6.33 Å². The van der Waals surface area contributed by atoms with Crippen molar-refractivity contribution in [2.24, 2.45) is 0 Å². The fraction of sp³-hybridized carbons (Fsp3) is 0.0435. The molecule has 0 aliphatic rings. The molecule has 9 heteroatoms. The molecule has 0 saturated carbocycles. The van der Waals surface area contributed by atoms with E-state index in [0.717, 1.165) is 54.2 Å². The number of aromatic amines is 2. The smallest absolute Gasteiger partial charge is 0.161 e. The molecule has 0 radical (unpaired) electrons. The van der Waals surface area contributed by atoms with Crippen LogP contribution < -0.4 is 0 Å². The largest absolute Gasteiger partial charge is 0.335 e. The van der Waals surface area contributed by atoms with Gasteiger partial charge in [0.1, 0.15) is 17.4 Å². The lowest BCUT2D eigenvalue weighted by Crippen LogP contribution is -1.88. The van der Waals surface area contributed by atoms with Gasteiger partial charge in [0.25, 0.3) is 0 Å². The van der Waals surface area contributed by atoms with E-state index in [2.05, 4.69) is 48.8 Å². The number of allylic oxidation sites excluding steroid dienone is 1. The maximum absolute atomic E-state index is 4.88. The molecule has 32 heavy (non-hydrogen) atoms. The number of H-pyrrole nitrogens is 2. The second kappa shape index (κ2) is 7.17. The van der Waals surface area contributed by atoms with Crippen LogP contribution in [0.4, 0.5) is 0 Å². The Kier molecular flexibility index (Phi) is 4.15. The molecule has 0 aliphatic carbocycles. The number of thiophene rings is 1. The molecule has 0 aromatic carbocycles. The molecule has 0 amide bonds. The predicted octanol–water partition coefficient (Wildman–Crippen LogP) is 5.11. The van der Waals surface area contributed by atoms with Crippen molar-refractivity contribution < 1.29 is 0 Å². The highest BCUT2D eigenvalue weighted by Gasteiger charge is 2.18. The molecule has 0 saturated heterocycles. The molecular formula is C23H16N8S. The number of aromatic nitrogens is 8. The van der Waals surface area contributed by atoms with Crippen molar-refractivity contribution >= 4 is 39.0 Å². The van der Waals surface area contributed by atoms with Gasteiger partial charge in [-0.3, -0.25) is 10.1 Å². The van der Waals surface area contributed by atoms with Crippen LogP contribution in [0, 0.1) is 0 Å². The number of fused-ring (bicyclic) bond motifs is 2. The zero-order valence-electron chi connectivity index (χ0n) is 17.0. The average Bonchev–Trinajstić information content (AvgIpc) is 3.56. The Morgan fingerprint density at radius 1 is 0.906 bits per heavy atom. The minimum Gasteiger partial charge on any atom is -0.335 e. The maximum Gasteiger partial charge on any atom is 0.161 e. The topological polar surface area (TPSA) is 109 Å². The van der Waals surface area contributed by atoms with E-state index < -0.39 is 0 Å². The molecule has 8 nitrogen and oxygen atoms in total. The number of nitrogens with zero attached hydrogens (tertiary/aromatic N) is 6. The van der Waals surface area contributed by atoms with Crippen molar-refractivity contribution in [1.29, 1.82) is 0 Å². The number of hydrogen-bond acceptors (Lipinski definition) is 7. The van der Waals surface area contributed by atoms with Gasteiger partial charge in [0.05, 0.1) is 22.9 Å². The van der Waals surface area contributed by atoms with Gasteiger partial charge in [-0.25, -0.2) is 19.9 Å². The van der Waals surface area contributed by atoms with E-state index in [-0.39, 0.29) is 0 Å². The molecule has 0 spiro atoms. The van der Waals surface area contributed by atoms with Gasteiger partial charge in [-0.15, -0.1) is 11.3 Å². The van der Waals surface area contributed by atoms with Gasteiger partial charge in [-0.05, 0) is 36.8 Å². The van der Waals surface area contributed by atoms with E-state index in [0.29, 0.717) is 11.5 Å². The van der Waals surface area contributed by atoms with Crippen LogP contribution in [0.15, 0.2) is 62.0 Å². The molecule has 2 N–H and O–H groups in total. The summed E-state index contributed by atoms with van der Waals surface area (Å²) in [5.74, 6) is 0.631. The summed E-state index contributed by atoms with van der Waals surface area (Å²) in [7, 11) is 0. The van der Waals surface area contributed by atoms with Crippen LogP contribution in [-0.4, -0.2) is 40.1 Å². The second-order valence-electron chi connectivity index (χ2n) is 7.40. The number of imidazole rings is 1. The summed E-state index contributed by atoms with van der Waals surface area (Å²) in [5.41, 5.74) is 7.49. The highest BCUT2D eigenvalue weighted by molar-refractivity contribution is 7.16. The van der Waals surface area contributed by atoms with Crippen molar-refractivity contribution in [1.82, 2.24) is 40.1 Å². The Morgan fingerprint density at radius 2 is 1.78 bits per heavy atom. The fourth-order valence-corrected chi connectivity index (χ4v) is 4.54. The van der Waals surface area contributed by atoms with Crippen LogP contribution >= 0.6 is 11.3 Å². The van der Waals surface area contributed by atoms with Crippen molar-refractivity contribution in [3.63, 3.8) is 0 Å². The van der Waals surface area contributed by atoms with E-state index in [1.807, 2.05) is 25.3 Å². The van der Waals surface area contributed by atoms with Crippen LogP contribution in [0.5, 0.6) is 0 Å². The standard InChI is InChI=1S/C23H16N8S/c1-12(2)18-5-6-19(32-18)14-9-24-10-17-20(14)29-23(28-17)22-21-16(30-31-22)4-3-15(27-21)13-7-25-11-26-8-13/h3-11H,1H2,2H3,(H,28,29)(H,30,31). The minimum absolute atomic E-state index is 0.631. The van der Waals surface area contributed by atoms with Gasteiger partial charge in [-0.1, -0.05) is 6.58 Å². The van der Waals surface area contributed by atoms with E-state index in [4.69, 9.17) is 9.97 Å². The summed E-state index contributed by atoms with van der Waals surface area (Å²) in [6.45, 7) is 6.04. The maximum atomic E-state index is 4.88. The third kappa shape index (κ3) is 2.98. The van der Waals surface area contributed by atoms with E-state index in [9.17, 15) is 0 Å². The van der Waals surface area contributed by atoms with Crippen LogP contribution in [0.25, 0.3) is 60.9 Å². The number of nitrogens with one attached hydrogen (secondary N) is 2. The van der Waals surface area contributed by atoms with Crippen molar-refractivity contribution in [2.45, 2.75) is 6.92 Å². The summed E-state index contributed by atoms with van der Waals surface area (Å²) < 4.78 is 0. The molecule has 0 fully saturated rings. The SMILES string of the molecule is C=C(C)c1ccc(-c2cncc3[nH]c(-c4n[nH]c5ccc(-c6cncnc6)nc45)nc23)s1. The summed E-state index contributed by atoms with van der Waals surface area (Å²) in [6.07, 6.45) is 8.59. The third-order valence-corrected chi connectivity index (χ3v) is 6.45. The van der Waals surface area contributed by atoms with Crippen LogP contribution in [-0.2, 0) is 0 Å². The van der Waals surface area contributed by atoms with E-state index in [1.54, 1.807) is 29.9 Å². The fourth-order valence-electron chi connectivity index (χ4n) is 3.59. The Hall–Kier alpha value is -4.24. The zero-order valence-corrected chi connectivity index (χ0v) is 17.8. The van der Waals surface area contributed by atoms with Crippen molar-refractivity contribution in [3.05, 3.63) is 66.8 Å². The number of pyridine rings is 2. The Bertz CT molecular complexity index is 1610. The predicted molar refractivity (Wildman–Crippen MR) is 126 cm³/mol. The summed E-state index contributed by atoms with van der Waals surface area (Å²) >= 11 is 1.68. The minimum atomic E-state index is 0.631. The van der Waals surface area contributed by atoms with Gasteiger partial charge >= 0.3 is 0 Å². The van der Waals surface area contributed by atoms with Gasteiger partial charge in [0, 0.05) is 39.5 Å². The lowest BCUT2D eigenvalue weighted by atomic mass is 10.2. The molecule has 6 aromatic rings. The zero-order chi connectivity index (χ0) is 21.7. The molecule has 0 atom stereocenters. The van der Waals surface area contributed by atoms with Crippen LogP contribution in [0.1, 0.15) is 11.8 Å². The van der Waals surface area contributed by atoms with Gasteiger partial charge < -0.3 is 4.98 Å². The molecule has 6 rings (SSSR count). The number of hydrogen-bond donors (Lipinski definition) is 2. The van der Waals surface area contributed by atoms with Crippen LogP contribution in [0.3, 0.4) is 0 Å². The first kappa shape index (κ1) is 18.5. The lowest BCUT2D eigenvalue weighted by molar-refractivity contribution is 1.10. The molecule has 6 heterocycles. The molecule has 0 unspecified atom stereocenters. The van der Waals surface area contributed by atoms with Crippen molar-refractivity contribution in [2.75, 3.05) is 0 Å². The number of rotatable bonds is 4. The third-order valence-electron chi connectivity index (χ3n) is 5.17. The van der Waals surface area contributed by atoms with E-state index >= 15 is 0 Å². The Morgan fingerprint density at radius 3 is 2.59 bits per heavy atom. The Labute approximate surface area is 186 Å². The molecular weight excluding hydrogens is 420 g/mol. The summed E-state index contributed by atoms with van der Waals surface area (Å²) in [5, 5.41) is 7.53. The molecule has 0 aliphatic heterocycles. The normalized spacial score (nSPS) is 11.4. The summed E-state index contributed by atoms with van der Waals surface area (Å²) in [6, 6.07) is 8.02. The first-order chi connectivity index (χ1) is 15.7. The van der Waals surface area contributed by atoms with Crippen LogP contribution in [0.2, 0.25) is 0 Å². The van der Waals surface area contributed by atoms with Crippen molar-refractivity contribution in [3.8, 4) is 33.2 Å². The summed E-state index contributed by atoms with van der Waals surface area (Å²) in [4.78, 5) is 27.9. The highest BCUT2D eigenvalue weighted by Crippen LogP contribution is 2.35. The van der Waals surface area contributed by atoms with Gasteiger partial charge in [0.2, 0.25) is 0 Å². The quantitative estimate of drug-likeness (QED) is 0.397. The van der Waals surface area contributed by atoms with Gasteiger partial charge in [-0.2, -0.15) is 5.10 Å². The average molecular weight is 437 g/mol. The molecule has 154 valence electrons. The lowest BCUT2D eigenvalue weighted by Gasteiger charge is -2.00. The monoisotopic (exact) mass is 436 g/mol. The second-order valence-corrected chi connectivity index (χ2v) is 8.49. The molecule has 6 aromatic heterocycles. The highest BCUT2D eigenvalue weighted by atomic mass is 32.1. The first-order valence-corrected chi connectivity index (χ1v) is 10.7.